The van der Waals surface area contributed by atoms with Crippen LogP contribution < -0.4 is 4.90 Å². The van der Waals surface area contributed by atoms with Crippen LogP contribution >= 0.6 is 15.9 Å². The maximum Gasteiger partial charge on any atom is 0.134 e. The number of hydrogen-bond donors (Lipinski definition) is 0. The summed E-state index contributed by atoms with van der Waals surface area (Å²) < 4.78 is 0.999. The second kappa shape index (κ2) is 4.95. The Morgan fingerprint density at radius 1 is 1.62 bits per heavy atom. The summed E-state index contributed by atoms with van der Waals surface area (Å²) in [6.07, 6.45) is 5.69. The van der Waals surface area contributed by atoms with E-state index in [1.165, 1.54) is 0 Å². The smallest absolute Gasteiger partial charge is 0.134 e. The van der Waals surface area contributed by atoms with Crippen molar-refractivity contribution in [2.75, 3.05) is 18.0 Å². The zero-order valence-corrected chi connectivity index (χ0v) is 10.9. The highest BCUT2D eigenvalue weighted by molar-refractivity contribution is 9.10. The van der Waals surface area contributed by atoms with Crippen LogP contribution in [0.25, 0.3) is 0 Å². The third kappa shape index (κ3) is 2.43. The van der Waals surface area contributed by atoms with Gasteiger partial charge in [0, 0.05) is 31.4 Å². The van der Waals surface area contributed by atoms with Gasteiger partial charge in [-0.2, -0.15) is 0 Å². The summed E-state index contributed by atoms with van der Waals surface area (Å²) in [6, 6.07) is 1.99. The fourth-order valence-electron chi connectivity index (χ4n) is 2.15. The molecule has 1 fully saturated rings. The van der Waals surface area contributed by atoms with Gasteiger partial charge in [0.2, 0.25) is 0 Å². The van der Waals surface area contributed by atoms with Crippen LogP contribution in [0.3, 0.4) is 0 Å². The molecule has 0 spiro atoms. The van der Waals surface area contributed by atoms with E-state index in [1.54, 1.807) is 19.3 Å². The quantitative estimate of drug-likeness (QED) is 0.836. The monoisotopic (exact) mass is 282 g/mol. The molecule has 1 aliphatic rings. The highest BCUT2D eigenvalue weighted by Crippen LogP contribution is 2.29. The zero-order chi connectivity index (χ0) is 11.5. The number of hydrogen-bond acceptors (Lipinski definition) is 3. The molecule has 4 heteroatoms. The number of halogens is 1. The van der Waals surface area contributed by atoms with E-state index < -0.39 is 0 Å². The molecule has 86 valence electrons. The summed E-state index contributed by atoms with van der Waals surface area (Å²) in [5.74, 6) is 0.490. The van der Waals surface area contributed by atoms with E-state index in [0.717, 1.165) is 36.1 Å². The van der Waals surface area contributed by atoms with Crippen LogP contribution in [-0.2, 0) is 4.79 Å². The molecule has 2 heterocycles. The molecule has 0 amide bonds. The van der Waals surface area contributed by atoms with Crippen molar-refractivity contribution in [1.29, 1.82) is 0 Å². The van der Waals surface area contributed by atoms with Crippen molar-refractivity contribution >= 4 is 27.4 Å². The average molecular weight is 283 g/mol. The van der Waals surface area contributed by atoms with Crippen molar-refractivity contribution in [3.05, 3.63) is 22.9 Å². The average Bonchev–Trinajstić information content (AvgIpc) is 2.30. The molecule has 1 aromatic rings. The molecule has 0 N–H and O–H groups in total. The van der Waals surface area contributed by atoms with Gasteiger partial charge >= 0.3 is 0 Å². The minimum atomic E-state index is 0.189. The van der Waals surface area contributed by atoms with E-state index in [4.69, 9.17) is 0 Å². The number of carbonyl (C=O) groups excluding carboxylic acids is 1. The van der Waals surface area contributed by atoms with Crippen molar-refractivity contribution in [2.45, 2.75) is 19.8 Å². The van der Waals surface area contributed by atoms with Crippen LogP contribution in [0.2, 0.25) is 0 Å². The Hall–Kier alpha value is -0.900. The predicted octanol–water partition coefficient (Wildman–Crippen LogP) is 2.65. The molecule has 1 aliphatic heterocycles. The van der Waals surface area contributed by atoms with Crippen molar-refractivity contribution in [3.8, 4) is 0 Å². The first kappa shape index (κ1) is 11.6. The van der Waals surface area contributed by atoms with Crippen molar-refractivity contribution in [1.82, 2.24) is 4.98 Å². The second-order valence-corrected chi connectivity index (χ2v) is 5.08. The number of anilines is 1. The maximum atomic E-state index is 11.4. The Bertz CT molecular complexity index is 394. The van der Waals surface area contributed by atoms with Crippen molar-refractivity contribution in [3.63, 3.8) is 0 Å². The highest BCUT2D eigenvalue weighted by Gasteiger charge is 2.24. The summed E-state index contributed by atoms with van der Waals surface area (Å²) in [4.78, 5) is 17.7. The molecule has 1 atom stereocenters. The standard InChI is InChI=1S/C12H15BrN2O/c1-9(16)10-3-2-6-15(8-10)12-4-5-14-7-11(12)13/h4-5,7,10H,2-3,6,8H2,1H3. The van der Waals surface area contributed by atoms with E-state index in [9.17, 15) is 4.79 Å². The topological polar surface area (TPSA) is 33.2 Å². The summed E-state index contributed by atoms with van der Waals surface area (Å²) >= 11 is 3.50. The molecule has 0 saturated carbocycles. The third-order valence-electron chi connectivity index (χ3n) is 3.09. The van der Waals surface area contributed by atoms with Crippen LogP contribution in [-0.4, -0.2) is 23.9 Å². The fourth-order valence-corrected chi connectivity index (χ4v) is 2.65. The van der Waals surface area contributed by atoms with Gasteiger partial charge in [-0.3, -0.25) is 9.78 Å². The summed E-state index contributed by atoms with van der Waals surface area (Å²) in [6.45, 7) is 3.54. The minimum absolute atomic E-state index is 0.189. The molecule has 0 radical (unpaired) electrons. The number of piperidine rings is 1. The summed E-state index contributed by atoms with van der Waals surface area (Å²) in [7, 11) is 0. The SMILES string of the molecule is CC(=O)C1CCCN(c2ccncc2Br)C1. The van der Waals surface area contributed by atoms with Gasteiger partial charge < -0.3 is 4.90 Å². The number of nitrogens with zero attached hydrogens (tertiary/aromatic N) is 2. The first-order chi connectivity index (χ1) is 7.68. The third-order valence-corrected chi connectivity index (χ3v) is 3.70. The number of Topliss-reactive ketones (excluding diaryl/α,β-unsaturated/α-hetero) is 1. The Morgan fingerprint density at radius 2 is 2.44 bits per heavy atom. The van der Waals surface area contributed by atoms with E-state index >= 15 is 0 Å². The van der Waals surface area contributed by atoms with Crippen LogP contribution in [0.5, 0.6) is 0 Å². The number of ketones is 1. The van der Waals surface area contributed by atoms with Gasteiger partial charge in [-0.25, -0.2) is 0 Å². The lowest BCUT2D eigenvalue weighted by atomic mass is 9.94. The van der Waals surface area contributed by atoms with Gasteiger partial charge in [0.25, 0.3) is 0 Å². The van der Waals surface area contributed by atoms with Crippen molar-refractivity contribution < 1.29 is 4.79 Å². The van der Waals surface area contributed by atoms with Crippen LogP contribution in [0.1, 0.15) is 19.8 Å². The Kier molecular flexibility index (Phi) is 3.59. The minimum Gasteiger partial charge on any atom is -0.370 e. The zero-order valence-electron chi connectivity index (χ0n) is 9.32. The molecule has 3 nitrogen and oxygen atoms in total. The Morgan fingerprint density at radius 3 is 3.12 bits per heavy atom. The first-order valence-electron chi connectivity index (χ1n) is 5.53. The van der Waals surface area contributed by atoms with Crippen molar-refractivity contribution in [2.24, 2.45) is 5.92 Å². The number of aromatic nitrogens is 1. The van der Waals surface area contributed by atoms with E-state index in [-0.39, 0.29) is 5.92 Å². The Balaban J connectivity index is 2.16. The fraction of sp³-hybridized carbons (Fsp3) is 0.500. The van der Waals surface area contributed by atoms with Crippen LogP contribution in [0, 0.1) is 5.92 Å². The molecule has 0 aliphatic carbocycles. The molecule has 0 aromatic carbocycles. The van der Waals surface area contributed by atoms with Gasteiger partial charge in [-0.15, -0.1) is 0 Å². The van der Waals surface area contributed by atoms with Gasteiger partial charge in [-0.05, 0) is 41.8 Å². The lowest BCUT2D eigenvalue weighted by Crippen LogP contribution is -2.38. The largest absolute Gasteiger partial charge is 0.370 e. The van der Waals surface area contributed by atoms with Gasteiger partial charge in [0.15, 0.2) is 0 Å². The number of carbonyl (C=O) groups is 1. The van der Waals surface area contributed by atoms with Gasteiger partial charge in [-0.1, -0.05) is 0 Å². The molecular weight excluding hydrogens is 268 g/mol. The molecular formula is C12H15BrN2O. The molecule has 1 aromatic heterocycles. The number of pyridine rings is 1. The second-order valence-electron chi connectivity index (χ2n) is 4.22. The van der Waals surface area contributed by atoms with Crippen LogP contribution in [0.15, 0.2) is 22.9 Å². The Labute approximate surface area is 104 Å². The molecule has 2 rings (SSSR count). The maximum absolute atomic E-state index is 11.4. The molecule has 0 bridgehead atoms. The van der Waals surface area contributed by atoms with Gasteiger partial charge in [0.05, 0.1) is 10.2 Å². The first-order valence-corrected chi connectivity index (χ1v) is 6.32. The van der Waals surface area contributed by atoms with E-state index in [0.29, 0.717) is 5.78 Å². The normalized spacial score (nSPS) is 20.9. The summed E-state index contributed by atoms with van der Waals surface area (Å²) in [5, 5.41) is 0. The molecule has 16 heavy (non-hydrogen) atoms. The lowest BCUT2D eigenvalue weighted by molar-refractivity contribution is -0.120. The molecule has 1 unspecified atom stereocenters. The van der Waals surface area contributed by atoms with E-state index in [2.05, 4.69) is 25.8 Å². The molecule has 1 saturated heterocycles. The lowest BCUT2D eigenvalue weighted by Gasteiger charge is -2.33. The summed E-state index contributed by atoms with van der Waals surface area (Å²) in [5.41, 5.74) is 1.14. The predicted molar refractivity (Wildman–Crippen MR) is 67.6 cm³/mol. The highest BCUT2D eigenvalue weighted by atomic mass is 79.9. The number of rotatable bonds is 2. The van der Waals surface area contributed by atoms with E-state index in [1.807, 2.05) is 6.07 Å². The van der Waals surface area contributed by atoms with Crippen LogP contribution in [0.4, 0.5) is 5.69 Å². The van der Waals surface area contributed by atoms with Gasteiger partial charge in [0.1, 0.15) is 5.78 Å².